The summed E-state index contributed by atoms with van der Waals surface area (Å²) in [6.45, 7) is 6.10. The first kappa shape index (κ1) is 18.5. The van der Waals surface area contributed by atoms with Gasteiger partial charge in [-0.05, 0) is 81.7 Å². The monoisotopic (exact) mass is 364 g/mol. The molecule has 0 saturated carbocycles. The molecule has 0 bridgehead atoms. The zero-order valence-corrected chi connectivity index (χ0v) is 16.4. The molecule has 0 radical (unpaired) electrons. The Morgan fingerprint density at radius 1 is 0.741 bits per heavy atom. The highest BCUT2D eigenvalue weighted by molar-refractivity contribution is 5.33. The van der Waals surface area contributed by atoms with Crippen LogP contribution in [0.3, 0.4) is 0 Å². The van der Waals surface area contributed by atoms with Crippen molar-refractivity contribution in [2.75, 3.05) is 26.2 Å². The topological polar surface area (TPSA) is 15.7 Å². The average molecular weight is 365 g/mol. The third-order valence-electron chi connectivity index (χ3n) is 6.00. The lowest BCUT2D eigenvalue weighted by Crippen LogP contribution is -2.45. The Hall–Kier alpha value is -1.84. The summed E-state index contributed by atoms with van der Waals surface area (Å²) in [7, 11) is 0. The van der Waals surface area contributed by atoms with E-state index >= 15 is 0 Å². The van der Waals surface area contributed by atoms with Crippen LogP contribution in [0.25, 0.3) is 0 Å². The van der Waals surface area contributed by atoms with E-state index in [4.69, 9.17) is 4.74 Å². The Balaban J connectivity index is 1.29. The molecule has 2 fully saturated rings. The van der Waals surface area contributed by atoms with Gasteiger partial charge in [-0.2, -0.15) is 0 Å². The van der Waals surface area contributed by atoms with E-state index in [2.05, 4.69) is 28.0 Å². The first-order valence-corrected chi connectivity index (χ1v) is 10.6. The van der Waals surface area contributed by atoms with E-state index in [9.17, 15) is 0 Å². The SMILES string of the molecule is c1ccc(Oc2cccc(CN3CCC(N4CCCCCC4)CC3)c2)cc1. The molecule has 2 aromatic rings. The molecule has 2 aromatic carbocycles. The van der Waals surface area contributed by atoms with Crippen molar-refractivity contribution in [1.29, 1.82) is 0 Å². The second-order valence-corrected chi connectivity index (χ2v) is 8.02. The van der Waals surface area contributed by atoms with Crippen molar-refractivity contribution in [3.63, 3.8) is 0 Å². The predicted octanol–water partition coefficient (Wildman–Crippen LogP) is 5.32. The third-order valence-corrected chi connectivity index (χ3v) is 6.00. The van der Waals surface area contributed by atoms with Crippen molar-refractivity contribution in [2.24, 2.45) is 0 Å². The molecule has 0 spiro atoms. The molecule has 0 atom stereocenters. The van der Waals surface area contributed by atoms with Crippen molar-refractivity contribution in [3.8, 4) is 11.5 Å². The van der Waals surface area contributed by atoms with Crippen LogP contribution in [-0.2, 0) is 6.54 Å². The molecule has 2 aliphatic heterocycles. The van der Waals surface area contributed by atoms with E-state index in [0.717, 1.165) is 24.1 Å². The van der Waals surface area contributed by atoms with Crippen molar-refractivity contribution in [1.82, 2.24) is 9.80 Å². The molecule has 27 heavy (non-hydrogen) atoms. The quantitative estimate of drug-likeness (QED) is 0.714. The summed E-state index contributed by atoms with van der Waals surface area (Å²) >= 11 is 0. The van der Waals surface area contributed by atoms with Gasteiger partial charge in [-0.25, -0.2) is 0 Å². The highest BCUT2D eigenvalue weighted by atomic mass is 16.5. The number of rotatable bonds is 5. The van der Waals surface area contributed by atoms with Gasteiger partial charge in [-0.3, -0.25) is 4.90 Å². The molecule has 2 aliphatic rings. The van der Waals surface area contributed by atoms with Gasteiger partial charge in [0, 0.05) is 12.6 Å². The molecule has 3 nitrogen and oxygen atoms in total. The lowest BCUT2D eigenvalue weighted by molar-refractivity contribution is 0.107. The highest BCUT2D eigenvalue weighted by Crippen LogP contribution is 2.24. The zero-order valence-electron chi connectivity index (χ0n) is 16.4. The first-order chi connectivity index (χ1) is 13.4. The van der Waals surface area contributed by atoms with Gasteiger partial charge in [-0.1, -0.05) is 43.2 Å². The van der Waals surface area contributed by atoms with Crippen molar-refractivity contribution < 1.29 is 4.74 Å². The van der Waals surface area contributed by atoms with Gasteiger partial charge in [0.05, 0.1) is 0 Å². The number of para-hydroxylation sites is 1. The van der Waals surface area contributed by atoms with Gasteiger partial charge in [0.15, 0.2) is 0 Å². The molecule has 0 aromatic heterocycles. The lowest BCUT2D eigenvalue weighted by Gasteiger charge is -2.38. The largest absolute Gasteiger partial charge is 0.457 e. The number of piperidine rings is 1. The first-order valence-electron chi connectivity index (χ1n) is 10.6. The summed E-state index contributed by atoms with van der Waals surface area (Å²) < 4.78 is 5.99. The fourth-order valence-electron chi connectivity index (χ4n) is 4.49. The van der Waals surface area contributed by atoms with E-state index in [0.29, 0.717) is 0 Å². The zero-order chi connectivity index (χ0) is 18.3. The Morgan fingerprint density at radius 3 is 2.19 bits per heavy atom. The molecule has 144 valence electrons. The van der Waals surface area contributed by atoms with Gasteiger partial charge in [-0.15, -0.1) is 0 Å². The molecule has 0 aliphatic carbocycles. The molecule has 0 N–H and O–H groups in total. The number of likely N-dealkylation sites (tertiary alicyclic amines) is 2. The van der Waals surface area contributed by atoms with E-state index < -0.39 is 0 Å². The second-order valence-electron chi connectivity index (χ2n) is 8.02. The van der Waals surface area contributed by atoms with Crippen LogP contribution in [0, 0.1) is 0 Å². The fourth-order valence-corrected chi connectivity index (χ4v) is 4.49. The minimum atomic E-state index is 0.812. The minimum absolute atomic E-state index is 0.812. The molecule has 0 unspecified atom stereocenters. The molecular weight excluding hydrogens is 332 g/mol. The summed E-state index contributed by atoms with van der Waals surface area (Å²) in [4.78, 5) is 5.38. The summed E-state index contributed by atoms with van der Waals surface area (Å²) in [5.74, 6) is 1.83. The standard InChI is InChI=1S/C24H32N2O/c1-2-7-16-26(15-6-1)22-13-17-25(18-14-22)20-21-9-8-12-24(19-21)27-23-10-4-3-5-11-23/h3-5,8-12,19,22H,1-2,6-7,13-18,20H2. The summed E-state index contributed by atoms with van der Waals surface area (Å²) in [6.07, 6.45) is 8.29. The molecule has 2 saturated heterocycles. The Kier molecular flexibility index (Phi) is 6.44. The van der Waals surface area contributed by atoms with Crippen LogP contribution in [-0.4, -0.2) is 42.0 Å². The van der Waals surface area contributed by atoms with Gasteiger partial charge in [0.2, 0.25) is 0 Å². The van der Waals surface area contributed by atoms with Crippen LogP contribution in [0.5, 0.6) is 11.5 Å². The molecular formula is C24H32N2O. The van der Waals surface area contributed by atoms with E-state index in [1.165, 1.54) is 70.3 Å². The van der Waals surface area contributed by atoms with Crippen LogP contribution in [0.1, 0.15) is 44.1 Å². The van der Waals surface area contributed by atoms with Crippen LogP contribution < -0.4 is 4.74 Å². The van der Waals surface area contributed by atoms with Crippen LogP contribution in [0.15, 0.2) is 54.6 Å². The average Bonchev–Trinajstić information content (AvgIpc) is 2.99. The van der Waals surface area contributed by atoms with Crippen LogP contribution >= 0.6 is 0 Å². The van der Waals surface area contributed by atoms with E-state index in [-0.39, 0.29) is 0 Å². The minimum Gasteiger partial charge on any atom is -0.457 e. The van der Waals surface area contributed by atoms with Gasteiger partial charge < -0.3 is 9.64 Å². The van der Waals surface area contributed by atoms with Crippen LogP contribution in [0.4, 0.5) is 0 Å². The molecule has 2 heterocycles. The maximum Gasteiger partial charge on any atom is 0.127 e. The third kappa shape index (κ3) is 5.33. The summed E-state index contributed by atoms with van der Waals surface area (Å²) in [5, 5.41) is 0. The molecule has 4 rings (SSSR count). The van der Waals surface area contributed by atoms with Crippen LogP contribution in [0.2, 0.25) is 0 Å². The van der Waals surface area contributed by atoms with E-state index in [1.54, 1.807) is 0 Å². The number of hydrogen-bond acceptors (Lipinski definition) is 3. The Morgan fingerprint density at radius 2 is 1.44 bits per heavy atom. The fraction of sp³-hybridized carbons (Fsp3) is 0.500. The Bertz CT molecular complexity index is 687. The summed E-state index contributed by atoms with van der Waals surface area (Å²) in [5.41, 5.74) is 1.34. The van der Waals surface area contributed by atoms with Gasteiger partial charge in [0.25, 0.3) is 0 Å². The van der Waals surface area contributed by atoms with Crippen molar-refractivity contribution in [2.45, 2.75) is 51.1 Å². The lowest BCUT2D eigenvalue weighted by atomic mass is 10.0. The molecule has 0 amide bonds. The van der Waals surface area contributed by atoms with Gasteiger partial charge >= 0.3 is 0 Å². The highest BCUT2D eigenvalue weighted by Gasteiger charge is 2.25. The normalized spacial score (nSPS) is 20.3. The number of ether oxygens (including phenoxy) is 1. The van der Waals surface area contributed by atoms with Gasteiger partial charge in [0.1, 0.15) is 11.5 Å². The Labute approximate surface area is 163 Å². The predicted molar refractivity (Wildman–Crippen MR) is 111 cm³/mol. The number of benzene rings is 2. The second kappa shape index (κ2) is 9.38. The molecule has 3 heteroatoms. The number of nitrogens with zero attached hydrogens (tertiary/aromatic N) is 2. The van der Waals surface area contributed by atoms with Crippen molar-refractivity contribution >= 4 is 0 Å². The summed E-state index contributed by atoms with van der Waals surface area (Å²) in [6, 6.07) is 19.4. The smallest absolute Gasteiger partial charge is 0.127 e. The van der Waals surface area contributed by atoms with E-state index in [1.807, 2.05) is 36.4 Å². The maximum absolute atomic E-state index is 5.99. The van der Waals surface area contributed by atoms with Crippen molar-refractivity contribution in [3.05, 3.63) is 60.2 Å². The number of hydrogen-bond donors (Lipinski definition) is 0. The maximum atomic E-state index is 5.99.